The van der Waals surface area contributed by atoms with Crippen LogP contribution in [0.25, 0.3) is 0 Å². The molecule has 2 aromatic carbocycles. The molecule has 0 fully saturated rings. The molecule has 0 heterocycles. The third-order valence-corrected chi connectivity index (χ3v) is 3.70. The summed E-state index contributed by atoms with van der Waals surface area (Å²) in [5.41, 5.74) is 1.75. The molecular weight excluding hydrogens is 284 g/mol. The predicted octanol–water partition coefficient (Wildman–Crippen LogP) is 4.98. The first kappa shape index (κ1) is 14.3. The minimum absolute atomic E-state index is 0.0167. The van der Waals surface area contributed by atoms with Gasteiger partial charge in [-0.25, -0.2) is 4.39 Å². The van der Waals surface area contributed by atoms with E-state index in [1.165, 1.54) is 12.1 Å². The summed E-state index contributed by atoms with van der Waals surface area (Å²) in [6, 6.07) is 12.0. The quantitative estimate of drug-likeness (QED) is 0.839. The van der Waals surface area contributed by atoms with Crippen molar-refractivity contribution in [1.29, 1.82) is 0 Å². The number of halogens is 3. The normalized spacial score (nSPS) is 12.4. The van der Waals surface area contributed by atoms with Gasteiger partial charge in [-0.05, 0) is 36.8 Å². The third kappa shape index (κ3) is 3.69. The molecule has 19 heavy (non-hydrogen) atoms. The van der Waals surface area contributed by atoms with E-state index >= 15 is 0 Å². The van der Waals surface area contributed by atoms with Crippen LogP contribution in [-0.2, 0) is 6.54 Å². The molecule has 0 bridgehead atoms. The predicted molar refractivity (Wildman–Crippen MR) is 78.1 cm³/mol. The molecule has 0 unspecified atom stereocenters. The lowest BCUT2D eigenvalue weighted by atomic mass is 10.1. The van der Waals surface area contributed by atoms with Crippen LogP contribution in [0.4, 0.5) is 4.39 Å². The second kappa shape index (κ2) is 6.38. The van der Waals surface area contributed by atoms with Crippen LogP contribution in [0.1, 0.15) is 24.1 Å². The molecule has 0 radical (unpaired) electrons. The topological polar surface area (TPSA) is 12.0 Å². The molecular formula is C15H14Cl2FN. The van der Waals surface area contributed by atoms with Gasteiger partial charge in [-0.1, -0.05) is 41.4 Å². The fourth-order valence-corrected chi connectivity index (χ4v) is 2.38. The summed E-state index contributed by atoms with van der Waals surface area (Å²) in [4.78, 5) is 0. The highest BCUT2D eigenvalue weighted by atomic mass is 35.5. The minimum Gasteiger partial charge on any atom is -0.306 e. The Morgan fingerprint density at radius 2 is 1.74 bits per heavy atom. The van der Waals surface area contributed by atoms with Crippen molar-refractivity contribution in [3.8, 4) is 0 Å². The molecule has 4 heteroatoms. The van der Waals surface area contributed by atoms with Crippen molar-refractivity contribution < 1.29 is 4.39 Å². The van der Waals surface area contributed by atoms with Gasteiger partial charge in [0, 0.05) is 28.2 Å². The molecule has 0 aliphatic carbocycles. The Morgan fingerprint density at radius 3 is 2.37 bits per heavy atom. The monoisotopic (exact) mass is 297 g/mol. The van der Waals surface area contributed by atoms with Gasteiger partial charge in [0.1, 0.15) is 5.82 Å². The van der Waals surface area contributed by atoms with Crippen molar-refractivity contribution in [1.82, 2.24) is 5.32 Å². The Labute approximate surface area is 122 Å². The van der Waals surface area contributed by atoms with Gasteiger partial charge in [-0.3, -0.25) is 0 Å². The number of benzene rings is 2. The van der Waals surface area contributed by atoms with E-state index in [0.717, 1.165) is 11.1 Å². The van der Waals surface area contributed by atoms with Gasteiger partial charge in [-0.15, -0.1) is 0 Å². The number of hydrogen-bond acceptors (Lipinski definition) is 1. The van der Waals surface area contributed by atoms with E-state index in [4.69, 9.17) is 23.2 Å². The zero-order chi connectivity index (χ0) is 13.8. The van der Waals surface area contributed by atoms with E-state index in [1.807, 2.05) is 19.1 Å². The zero-order valence-corrected chi connectivity index (χ0v) is 12.0. The summed E-state index contributed by atoms with van der Waals surface area (Å²) < 4.78 is 13.1. The average molecular weight is 298 g/mol. The molecule has 0 aliphatic rings. The van der Waals surface area contributed by atoms with Crippen LogP contribution in [0.2, 0.25) is 10.0 Å². The Kier molecular flexibility index (Phi) is 4.81. The van der Waals surface area contributed by atoms with Crippen LogP contribution in [0.3, 0.4) is 0 Å². The molecule has 0 spiro atoms. The van der Waals surface area contributed by atoms with Gasteiger partial charge in [0.2, 0.25) is 0 Å². The molecule has 0 amide bonds. The molecule has 0 saturated carbocycles. The SMILES string of the molecule is C[C@@H](NCc1c(Cl)cccc1Cl)c1cccc(F)c1. The number of nitrogens with one attached hydrogen (secondary N) is 1. The van der Waals surface area contributed by atoms with Crippen molar-refractivity contribution in [2.45, 2.75) is 19.5 Å². The molecule has 100 valence electrons. The lowest BCUT2D eigenvalue weighted by Gasteiger charge is -2.15. The first-order valence-electron chi connectivity index (χ1n) is 5.99. The summed E-state index contributed by atoms with van der Waals surface area (Å²) >= 11 is 12.2. The van der Waals surface area contributed by atoms with Gasteiger partial charge < -0.3 is 5.32 Å². The third-order valence-electron chi connectivity index (χ3n) is 3.00. The van der Waals surface area contributed by atoms with Gasteiger partial charge in [0.25, 0.3) is 0 Å². The van der Waals surface area contributed by atoms with E-state index in [2.05, 4.69) is 5.32 Å². The zero-order valence-electron chi connectivity index (χ0n) is 10.5. The van der Waals surface area contributed by atoms with Crippen LogP contribution in [0.5, 0.6) is 0 Å². The summed E-state index contributed by atoms with van der Waals surface area (Å²) in [6.07, 6.45) is 0. The van der Waals surface area contributed by atoms with E-state index in [0.29, 0.717) is 16.6 Å². The Morgan fingerprint density at radius 1 is 1.11 bits per heavy atom. The largest absolute Gasteiger partial charge is 0.306 e. The van der Waals surface area contributed by atoms with Gasteiger partial charge in [-0.2, -0.15) is 0 Å². The lowest BCUT2D eigenvalue weighted by molar-refractivity contribution is 0.565. The fourth-order valence-electron chi connectivity index (χ4n) is 1.85. The highest BCUT2D eigenvalue weighted by molar-refractivity contribution is 6.35. The Hall–Kier alpha value is -1.09. The summed E-state index contributed by atoms with van der Waals surface area (Å²) in [7, 11) is 0. The van der Waals surface area contributed by atoms with Crippen LogP contribution in [0, 0.1) is 5.82 Å². The highest BCUT2D eigenvalue weighted by Gasteiger charge is 2.09. The molecule has 1 nitrogen and oxygen atoms in total. The van der Waals surface area contributed by atoms with Crippen molar-refractivity contribution in [3.05, 3.63) is 69.5 Å². The van der Waals surface area contributed by atoms with Crippen LogP contribution in [-0.4, -0.2) is 0 Å². The van der Waals surface area contributed by atoms with Gasteiger partial charge in [0.15, 0.2) is 0 Å². The van der Waals surface area contributed by atoms with Crippen molar-refractivity contribution in [2.24, 2.45) is 0 Å². The maximum atomic E-state index is 13.1. The van der Waals surface area contributed by atoms with Crippen molar-refractivity contribution in [2.75, 3.05) is 0 Å². The summed E-state index contributed by atoms with van der Waals surface area (Å²) in [6.45, 7) is 2.51. The first-order valence-corrected chi connectivity index (χ1v) is 6.75. The molecule has 2 rings (SSSR count). The average Bonchev–Trinajstić information content (AvgIpc) is 2.38. The Bertz CT molecular complexity index is 552. The maximum Gasteiger partial charge on any atom is 0.123 e. The second-order valence-corrected chi connectivity index (χ2v) is 5.17. The number of hydrogen-bond donors (Lipinski definition) is 1. The fraction of sp³-hybridized carbons (Fsp3) is 0.200. The van der Waals surface area contributed by atoms with Crippen LogP contribution in [0.15, 0.2) is 42.5 Å². The molecule has 1 N–H and O–H groups in total. The molecule has 2 aromatic rings. The smallest absolute Gasteiger partial charge is 0.123 e. The first-order chi connectivity index (χ1) is 9.08. The van der Waals surface area contributed by atoms with Crippen molar-refractivity contribution >= 4 is 23.2 Å². The van der Waals surface area contributed by atoms with E-state index in [-0.39, 0.29) is 11.9 Å². The van der Waals surface area contributed by atoms with E-state index in [9.17, 15) is 4.39 Å². The highest BCUT2D eigenvalue weighted by Crippen LogP contribution is 2.25. The summed E-state index contributed by atoms with van der Waals surface area (Å²) in [5.74, 6) is -0.234. The van der Waals surface area contributed by atoms with Crippen LogP contribution >= 0.6 is 23.2 Å². The molecule has 0 aliphatic heterocycles. The molecule has 0 aromatic heterocycles. The molecule has 0 saturated heterocycles. The van der Waals surface area contributed by atoms with E-state index in [1.54, 1.807) is 18.2 Å². The summed E-state index contributed by atoms with van der Waals surface area (Å²) in [5, 5.41) is 4.55. The van der Waals surface area contributed by atoms with Gasteiger partial charge in [0.05, 0.1) is 0 Å². The van der Waals surface area contributed by atoms with Crippen molar-refractivity contribution in [3.63, 3.8) is 0 Å². The maximum absolute atomic E-state index is 13.1. The lowest BCUT2D eigenvalue weighted by Crippen LogP contribution is -2.18. The standard InChI is InChI=1S/C15H14Cl2FN/c1-10(11-4-2-5-12(18)8-11)19-9-13-14(16)6-3-7-15(13)17/h2-8,10,19H,9H2,1H3/t10-/m1/s1. The second-order valence-electron chi connectivity index (χ2n) is 4.36. The number of rotatable bonds is 4. The van der Waals surface area contributed by atoms with Crippen LogP contribution < -0.4 is 5.32 Å². The Balaban J connectivity index is 2.06. The molecule has 1 atom stereocenters. The van der Waals surface area contributed by atoms with E-state index < -0.39 is 0 Å². The minimum atomic E-state index is -0.234. The van der Waals surface area contributed by atoms with Gasteiger partial charge >= 0.3 is 0 Å².